The summed E-state index contributed by atoms with van der Waals surface area (Å²) >= 11 is 5.95. The molecule has 2 N–H and O–H groups in total. The molecule has 1 unspecified atom stereocenters. The number of benzene rings is 2. The number of aromatic nitrogens is 1. The summed E-state index contributed by atoms with van der Waals surface area (Å²) in [6, 6.07) is 11.9. The van der Waals surface area contributed by atoms with Crippen LogP contribution in [0, 0.1) is 0 Å². The monoisotopic (exact) mass is 414 g/mol. The van der Waals surface area contributed by atoms with Gasteiger partial charge >= 0.3 is 5.97 Å². The normalized spacial score (nSPS) is 12.5. The third kappa shape index (κ3) is 4.34. The van der Waals surface area contributed by atoms with Crippen LogP contribution in [0.3, 0.4) is 0 Å². The molecule has 0 aliphatic rings. The summed E-state index contributed by atoms with van der Waals surface area (Å²) in [5.74, 6) is -1.24. The SMILES string of the molecule is CC(O)c1ccc2c(c1)c(CC(=O)O)c(CN(C)C)n2C(=O)c1ccc(Cl)cc1. The molecule has 0 saturated heterocycles. The maximum atomic E-state index is 13.4. The largest absolute Gasteiger partial charge is 0.481 e. The topological polar surface area (TPSA) is 82.8 Å². The lowest BCUT2D eigenvalue weighted by Gasteiger charge is -2.15. The smallest absolute Gasteiger partial charge is 0.307 e. The highest BCUT2D eigenvalue weighted by atomic mass is 35.5. The van der Waals surface area contributed by atoms with Crippen molar-refractivity contribution >= 4 is 34.4 Å². The van der Waals surface area contributed by atoms with E-state index in [1.165, 1.54) is 0 Å². The maximum absolute atomic E-state index is 13.4. The highest BCUT2D eigenvalue weighted by Crippen LogP contribution is 2.31. The molecule has 3 aromatic rings. The van der Waals surface area contributed by atoms with Crippen molar-refractivity contribution in [2.45, 2.75) is 26.0 Å². The lowest BCUT2D eigenvalue weighted by Crippen LogP contribution is -2.21. The molecule has 0 spiro atoms. The average molecular weight is 415 g/mol. The van der Waals surface area contributed by atoms with Gasteiger partial charge in [-0.1, -0.05) is 17.7 Å². The summed E-state index contributed by atoms with van der Waals surface area (Å²) in [7, 11) is 3.72. The van der Waals surface area contributed by atoms with Crippen molar-refractivity contribution in [1.29, 1.82) is 0 Å². The van der Waals surface area contributed by atoms with E-state index in [1.807, 2.05) is 19.0 Å². The fraction of sp³-hybridized carbons (Fsp3) is 0.273. The number of carboxylic acids is 1. The third-order valence-corrected chi connectivity index (χ3v) is 5.03. The molecule has 3 rings (SSSR count). The van der Waals surface area contributed by atoms with Gasteiger partial charge in [0.05, 0.1) is 18.0 Å². The van der Waals surface area contributed by atoms with Crippen molar-refractivity contribution in [2.75, 3.05) is 14.1 Å². The van der Waals surface area contributed by atoms with Gasteiger partial charge in [0.1, 0.15) is 0 Å². The number of aliphatic carboxylic acids is 1. The quantitative estimate of drug-likeness (QED) is 0.642. The van der Waals surface area contributed by atoms with Crippen LogP contribution < -0.4 is 0 Å². The Bertz CT molecular complexity index is 1070. The van der Waals surface area contributed by atoms with Gasteiger partial charge in [-0.25, -0.2) is 0 Å². The molecule has 1 atom stereocenters. The highest BCUT2D eigenvalue weighted by Gasteiger charge is 2.24. The molecule has 2 aromatic carbocycles. The Labute approximate surface area is 173 Å². The number of hydrogen-bond acceptors (Lipinski definition) is 4. The summed E-state index contributed by atoms with van der Waals surface area (Å²) in [4.78, 5) is 26.9. The summed E-state index contributed by atoms with van der Waals surface area (Å²) in [6.07, 6.45) is -0.922. The van der Waals surface area contributed by atoms with E-state index in [0.29, 0.717) is 44.9 Å². The van der Waals surface area contributed by atoms with Gasteiger partial charge in [0, 0.05) is 28.2 Å². The molecule has 0 saturated carbocycles. The zero-order chi connectivity index (χ0) is 21.3. The minimum atomic E-state index is -0.981. The van der Waals surface area contributed by atoms with Crippen molar-refractivity contribution in [2.24, 2.45) is 0 Å². The van der Waals surface area contributed by atoms with E-state index in [9.17, 15) is 19.8 Å². The van der Waals surface area contributed by atoms with E-state index >= 15 is 0 Å². The Kier molecular flexibility index (Phi) is 6.07. The second-order valence-electron chi connectivity index (χ2n) is 7.33. The van der Waals surface area contributed by atoms with Gasteiger partial charge in [0.15, 0.2) is 0 Å². The number of aliphatic hydroxyl groups excluding tert-OH is 1. The average Bonchev–Trinajstić information content (AvgIpc) is 2.93. The minimum Gasteiger partial charge on any atom is -0.481 e. The predicted molar refractivity (Wildman–Crippen MR) is 112 cm³/mol. The number of nitrogens with zero attached hydrogens (tertiary/aromatic N) is 2. The Balaban J connectivity index is 2.32. The summed E-state index contributed by atoms with van der Waals surface area (Å²) < 4.78 is 1.57. The van der Waals surface area contributed by atoms with E-state index in [4.69, 9.17) is 11.6 Å². The predicted octanol–water partition coefficient (Wildman–Crippen LogP) is 3.73. The van der Waals surface area contributed by atoms with Gasteiger partial charge in [-0.05, 0) is 68.5 Å². The first kappa shape index (κ1) is 21.0. The number of halogens is 1. The van der Waals surface area contributed by atoms with Gasteiger partial charge in [0.25, 0.3) is 5.91 Å². The van der Waals surface area contributed by atoms with E-state index in [2.05, 4.69) is 0 Å². The van der Waals surface area contributed by atoms with E-state index in [-0.39, 0.29) is 12.3 Å². The number of carbonyl (C=O) groups excluding carboxylic acids is 1. The zero-order valence-corrected chi connectivity index (χ0v) is 17.3. The van der Waals surface area contributed by atoms with Crippen LogP contribution in [-0.2, 0) is 17.8 Å². The molecule has 29 heavy (non-hydrogen) atoms. The number of hydrogen-bond donors (Lipinski definition) is 2. The molecule has 6 nitrogen and oxygen atoms in total. The number of aliphatic hydroxyl groups is 1. The second kappa shape index (κ2) is 8.37. The Morgan fingerprint density at radius 3 is 2.34 bits per heavy atom. The number of fused-ring (bicyclic) bond motifs is 1. The van der Waals surface area contributed by atoms with Gasteiger partial charge < -0.3 is 15.1 Å². The lowest BCUT2D eigenvalue weighted by molar-refractivity contribution is -0.136. The molecule has 152 valence electrons. The Hall–Kier alpha value is -2.67. The molecule has 0 aliphatic heterocycles. The third-order valence-electron chi connectivity index (χ3n) is 4.78. The molecule has 0 radical (unpaired) electrons. The van der Waals surface area contributed by atoms with Crippen LogP contribution in [-0.4, -0.2) is 45.7 Å². The molecule has 0 bridgehead atoms. The minimum absolute atomic E-state index is 0.218. The van der Waals surface area contributed by atoms with Gasteiger partial charge in [-0.15, -0.1) is 0 Å². The molecule has 1 heterocycles. The van der Waals surface area contributed by atoms with Gasteiger partial charge in [0.2, 0.25) is 0 Å². The zero-order valence-electron chi connectivity index (χ0n) is 16.5. The van der Waals surface area contributed by atoms with Crippen LogP contribution >= 0.6 is 11.6 Å². The fourth-order valence-electron chi connectivity index (χ4n) is 3.45. The molecule has 7 heteroatoms. The van der Waals surface area contributed by atoms with Crippen molar-refractivity contribution in [1.82, 2.24) is 9.47 Å². The molecular formula is C22H23ClN2O4. The fourth-order valence-corrected chi connectivity index (χ4v) is 3.58. The Morgan fingerprint density at radius 1 is 1.14 bits per heavy atom. The lowest BCUT2D eigenvalue weighted by atomic mass is 10.0. The van der Waals surface area contributed by atoms with Crippen molar-refractivity contribution in [3.8, 4) is 0 Å². The van der Waals surface area contributed by atoms with Crippen LogP contribution in [0.5, 0.6) is 0 Å². The standard InChI is InChI=1S/C22H23ClN2O4/c1-13(26)15-6-9-19-17(10-15)18(11-21(27)28)20(12-24(2)3)25(19)22(29)14-4-7-16(23)8-5-14/h4-10,13,26H,11-12H2,1-3H3,(H,27,28). The van der Waals surface area contributed by atoms with Crippen LogP contribution in [0.4, 0.5) is 0 Å². The van der Waals surface area contributed by atoms with Crippen molar-refractivity contribution in [3.63, 3.8) is 0 Å². The van der Waals surface area contributed by atoms with Crippen LogP contribution in [0.1, 0.15) is 40.2 Å². The van der Waals surface area contributed by atoms with Crippen LogP contribution in [0.2, 0.25) is 5.02 Å². The molecule has 0 aliphatic carbocycles. The first-order chi connectivity index (χ1) is 13.7. The van der Waals surface area contributed by atoms with E-state index in [0.717, 1.165) is 0 Å². The molecule has 0 fully saturated rings. The number of carbonyl (C=O) groups is 2. The molecular weight excluding hydrogens is 392 g/mol. The summed E-state index contributed by atoms with van der Waals surface area (Å²) in [5, 5.41) is 20.7. The van der Waals surface area contributed by atoms with Gasteiger partial charge in [-0.3, -0.25) is 14.2 Å². The van der Waals surface area contributed by atoms with E-state index < -0.39 is 12.1 Å². The van der Waals surface area contributed by atoms with E-state index in [1.54, 1.807) is 54.0 Å². The molecule has 0 amide bonds. The number of carboxylic acid groups (broad SMARTS) is 1. The summed E-state index contributed by atoms with van der Waals surface area (Å²) in [5.41, 5.74) is 2.92. The van der Waals surface area contributed by atoms with Gasteiger partial charge in [-0.2, -0.15) is 0 Å². The summed E-state index contributed by atoms with van der Waals surface area (Å²) in [6.45, 7) is 2.04. The maximum Gasteiger partial charge on any atom is 0.307 e. The van der Waals surface area contributed by atoms with Crippen molar-refractivity contribution in [3.05, 3.63) is 69.9 Å². The van der Waals surface area contributed by atoms with Crippen LogP contribution in [0.25, 0.3) is 10.9 Å². The Morgan fingerprint density at radius 2 is 1.79 bits per heavy atom. The first-order valence-electron chi connectivity index (χ1n) is 9.20. The highest BCUT2D eigenvalue weighted by molar-refractivity contribution is 6.30. The van der Waals surface area contributed by atoms with Crippen LogP contribution in [0.15, 0.2) is 42.5 Å². The molecule has 1 aromatic heterocycles. The first-order valence-corrected chi connectivity index (χ1v) is 9.57. The van der Waals surface area contributed by atoms with Crippen molar-refractivity contribution < 1.29 is 19.8 Å². The number of rotatable bonds is 6. The second-order valence-corrected chi connectivity index (χ2v) is 7.77.